The van der Waals surface area contributed by atoms with Crippen molar-refractivity contribution in [2.45, 2.75) is 23.6 Å². The molecule has 3 nitrogen and oxygen atoms in total. The Labute approximate surface area is 124 Å². The van der Waals surface area contributed by atoms with Crippen molar-refractivity contribution in [1.29, 1.82) is 0 Å². The Hall–Kier alpha value is -1.33. The summed E-state index contributed by atoms with van der Waals surface area (Å²) < 4.78 is 0.712. The molecule has 0 fully saturated rings. The van der Waals surface area contributed by atoms with E-state index in [-0.39, 0.29) is 10.6 Å². The summed E-state index contributed by atoms with van der Waals surface area (Å²) in [6, 6.07) is 11.2. The molecule has 0 heterocycles. The largest absolute Gasteiger partial charge is 0.284 e. The summed E-state index contributed by atoms with van der Waals surface area (Å²) in [6.45, 7) is 4.08. The highest BCUT2D eigenvalue weighted by Gasteiger charge is 2.15. The first-order valence-corrected chi connectivity index (χ1v) is 7.27. The van der Waals surface area contributed by atoms with E-state index in [4.69, 9.17) is 0 Å². The van der Waals surface area contributed by atoms with Gasteiger partial charge < -0.3 is 0 Å². The van der Waals surface area contributed by atoms with Gasteiger partial charge in [0.25, 0.3) is 5.69 Å². The van der Waals surface area contributed by atoms with Crippen LogP contribution >= 0.6 is 27.7 Å². The quantitative estimate of drug-likeness (QED) is 0.576. The van der Waals surface area contributed by atoms with Gasteiger partial charge in [-0.3, -0.25) is 10.1 Å². The first-order valence-electron chi connectivity index (χ1n) is 5.66. The Morgan fingerprint density at radius 3 is 2.47 bits per heavy atom. The van der Waals surface area contributed by atoms with Gasteiger partial charge in [-0.25, -0.2) is 0 Å². The smallest absolute Gasteiger partial charge is 0.258 e. The maximum atomic E-state index is 11.1. The molecule has 0 aliphatic carbocycles. The molecule has 0 aliphatic rings. The van der Waals surface area contributed by atoms with Crippen LogP contribution in [0.3, 0.4) is 0 Å². The van der Waals surface area contributed by atoms with Crippen LogP contribution in [0.1, 0.15) is 11.1 Å². The summed E-state index contributed by atoms with van der Waals surface area (Å²) >= 11 is 4.67. The molecule has 0 radical (unpaired) electrons. The Balaban J connectivity index is 2.37. The number of rotatable bonds is 3. The first kappa shape index (κ1) is 14.1. The molecule has 0 saturated carbocycles. The molecule has 0 spiro atoms. The van der Waals surface area contributed by atoms with Gasteiger partial charge in [0.2, 0.25) is 0 Å². The van der Waals surface area contributed by atoms with Crippen LogP contribution < -0.4 is 0 Å². The fourth-order valence-electron chi connectivity index (χ4n) is 1.62. The average Bonchev–Trinajstić information content (AvgIpc) is 2.36. The standard InChI is InChI=1S/C14H12BrNO2S/c1-9-3-5-12(7-10(9)2)19-14-6-4-11(15)8-13(14)16(17)18/h3-8H,1-2H3. The molecule has 0 atom stereocenters. The molecule has 98 valence electrons. The number of nitro groups is 1. The van der Waals surface area contributed by atoms with E-state index >= 15 is 0 Å². The van der Waals surface area contributed by atoms with Crippen molar-refractivity contribution in [2.24, 2.45) is 0 Å². The van der Waals surface area contributed by atoms with E-state index < -0.39 is 0 Å². The maximum Gasteiger partial charge on any atom is 0.284 e. The van der Waals surface area contributed by atoms with Gasteiger partial charge >= 0.3 is 0 Å². The van der Waals surface area contributed by atoms with E-state index in [1.807, 2.05) is 38.1 Å². The summed E-state index contributed by atoms with van der Waals surface area (Å²) in [7, 11) is 0. The zero-order valence-electron chi connectivity index (χ0n) is 10.5. The lowest BCUT2D eigenvalue weighted by Crippen LogP contribution is -1.91. The maximum absolute atomic E-state index is 11.1. The number of aryl methyl sites for hydroxylation is 2. The monoisotopic (exact) mass is 337 g/mol. The highest BCUT2D eigenvalue weighted by molar-refractivity contribution is 9.10. The van der Waals surface area contributed by atoms with Crippen molar-refractivity contribution in [3.63, 3.8) is 0 Å². The Bertz CT molecular complexity index is 643. The van der Waals surface area contributed by atoms with Gasteiger partial charge in [0.1, 0.15) is 0 Å². The number of nitrogens with zero attached hydrogens (tertiary/aromatic N) is 1. The topological polar surface area (TPSA) is 43.1 Å². The normalized spacial score (nSPS) is 10.5. The van der Waals surface area contributed by atoms with Crippen LogP contribution in [0, 0.1) is 24.0 Å². The molecule has 0 bridgehead atoms. The third-order valence-electron chi connectivity index (χ3n) is 2.82. The zero-order chi connectivity index (χ0) is 14.0. The highest BCUT2D eigenvalue weighted by atomic mass is 79.9. The fraction of sp³-hybridized carbons (Fsp3) is 0.143. The first-order chi connectivity index (χ1) is 8.97. The number of benzene rings is 2. The van der Waals surface area contributed by atoms with Gasteiger partial charge in [0.15, 0.2) is 0 Å². The van der Waals surface area contributed by atoms with Gasteiger partial charge in [0, 0.05) is 15.4 Å². The number of hydrogen-bond acceptors (Lipinski definition) is 3. The summed E-state index contributed by atoms with van der Waals surface area (Å²) in [5, 5.41) is 11.1. The van der Waals surface area contributed by atoms with Crippen LogP contribution in [0.4, 0.5) is 5.69 Å². The second kappa shape index (κ2) is 5.75. The number of hydrogen-bond donors (Lipinski definition) is 0. The van der Waals surface area contributed by atoms with Crippen LogP contribution in [0.2, 0.25) is 0 Å². The molecule has 2 aromatic rings. The molecule has 19 heavy (non-hydrogen) atoms. The van der Waals surface area contributed by atoms with Crippen LogP contribution in [-0.4, -0.2) is 4.92 Å². The molecule has 2 aromatic carbocycles. The van der Waals surface area contributed by atoms with E-state index in [1.165, 1.54) is 29.0 Å². The van der Waals surface area contributed by atoms with E-state index in [2.05, 4.69) is 15.9 Å². The van der Waals surface area contributed by atoms with Crippen LogP contribution in [0.25, 0.3) is 0 Å². The van der Waals surface area contributed by atoms with Crippen molar-refractivity contribution in [3.05, 3.63) is 62.1 Å². The SMILES string of the molecule is Cc1ccc(Sc2ccc(Br)cc2[N+](=O)[O-])cc1C. The lowest BCUT2D eigenvalue weighted by Gasteiger charge is -2.06. The van der Waals surface area contributed by atoms with Crippen molar-refractivity contribution in [2.75, 3.05) is 0 Å². The minimum absolute atomic E-state index is 0.123. The summed E-state index contributed by atoms with van der Waals surface area (Å²) in [5.74, 6) is 0. The summed E-state index contributed by atoms with van der Waals surface area (Å²) in [6.07, 6.45) is 0. The van der Waals surface area contributed by atoms with E-state index in [9.17, 15) is 10.1 Å². The van der Waals surface area contributed by atoms with Gasteiger partial charge in [-0.1, -0.05) is 33.8 Å². The fourth-order valence-corrected chi connectivity index (χ4v) is 2.97. The lowest BCUT2D eigenvalue weighted by molar-refractivity contribution is -0.387. The predicted octanol–water partition coefficient (Wildman–Crippen LogP) is 5.13. The van der Waals surface area contributed by atoms with Crippen LogP contribution in [-0.2, 0) is 0 Å². The van der Waals surface area contributed by atoms with Crippen molar-refractivity contribution < 1.29 is 4.92 Å². The number of halogens is 1. The van der Waals surface area contributed by atoms with Crippen molar-refractivity contribution >= 4 is 33.4 Å². The Morgan fingerprint density at radius 2 is 1.84 bits per heavy atom. The molecule has 0 aliphatic heterocycles. The lowest BCUT2D eigenvalue weighted by atomic mass is 10.1. The molecule has 0 aromatic heterocycles. The molecule has 0 saturated heterocycles. The van der Waals surface area contributed by atoms with Crippen molar-refractivity contribution in [1.82, 2.24) is 0 Å². The third-order valence-corrected chi connectivity index (χ3v) is 4.37. The summed E-state index contributed by atoms with van der Waals surface area (Å²) in [5.41, 5.74) is 2.53. The molecule has 0 amide bonds. The van der Waals surface area contributed by atoms with Gasteiger partial charge in [-0.05, 0) is 49.2 Å². The van der Waals surface area contributed by atoms with Crippen molar-refractivity contribution in [3.8, 4) is 0 Å². The van der Waals surface area contributed by atoms with Gasteiger partial charge in [0.05, 0.1) is 9.82 Å². The summed E-state index contributed by atoms with van der Waals surface area (Å²) in [4.78, 5) is 12.4. The zero-order valence-corrected chi connectivity index (χ0v) is 12.9. The van der Waals surface area contributed by atoms with Crippen LogP contribution in [0.15, 0.2) is 50.7 Å². The Kier molecular flexibility index (Phi) is 4.27. The number of nitro benzene ring substituents is 1. The molecular weight excluding hydrogens is 326 g/mol. The van der Waals surface area contributed by atoms with Gasteiger partial charge in [-0.15, -0.1) is 0 Å². The molecular formula is C14H12BrNO2S. The highest BCUT2D eigenvalue weighted by Crippen LogP contribution is 2.36. The second-order valence-corrected chi connectivity index (χ2v) is 6.25. The minimum atomic E-state index is -0.353. The van der Waals surface area contributed by atoms with Crippen LogP contribution in [0.5, 0.6) is 0 Å². The molecule has 0 N–H and O–H groups in total. The average molecular weight is 338 g/mol. The predicted molar refractivity (Wildman–Crippen MR) is 80.8 cm³/mol. The van der Waals surface area contributed by atoms with Gasteiger partial charge in [-0.2, -0.15) is 0 Å². The second-order valence-electron chi connectivity index (χ2n) is 4.22. The van der Waals surface area contributed by atoms with E-state index in [0.29, 0.717) is 9.37 Å². The molecule has 5 heteroatoms. The van der Waals surface area contributed by atoms with E-state index in [0.717, 1.165) is 4.90 Å². The van der Waals surface area contributed by atoms with E-state index in [1.54, 1.807) is 6.07 Å². The minimum Gasteiger partial charge on any atom is -0.258 e. The molecule has 0 unspecified atom stereocenters. The third kappa shape index (κ3) is 3.36. The molecule has 2 rings (SSSR count). The Morgan fingerprint density at radius 1 is 1.11 bits per heavy atom.